The van der Waals surface area contributed by atoms with Crippen LogP contribution in [0.1, 0.15) is 51.0 Å². The zero-order chi connectivity index (χ0) is 18.5. The Morgan fingerprint density at radius 2 is 1.92 bits per heavy atom. The first-order valence-corrected chi connectivity index (χ1v) is 10.2. The number of benzene rings is 1. The number of carbonyl (C=O) groups excluding carboxylic acids is 1. The molecule has 2 aromatic rings. The Labute approximate surface area is 159 Å². The maximum absolute atomic E-state index is 12.6. The van der Waals surface area contributed by atoms with Gasteiger partial charge in [-0.05, 0) is 37.2 Å². The molecular formula is C20H27N3O2S. The van der Waals surface area contributed by atoms with Gasteiger partial charge in [0, 0.05) is 19.5 Å². The van der Waals surface area contributed by atoms with Gasteiger partial charge in [-0.1, -0.05) is 55.9 Å². The van der Waals surface area contributed by atoms with Gasteiger partial charge in [0.05, 0.1) is 5.25 Å². The van der Waals surface area contributed by atoms with E-state index in [1.165, 1.54) is 17.3 Å². The zero-order valence-corrected chi connectivity index (χ0v) is 16.5. The summed E-state index contributed by atoms with van der Waals surface area (Å²) in [4.78, 5) is 14.6. The molecule has 0 radical (unpaired) electrons. The predicted molar refractivity (Wildman–Crippen MR) is 103 cm³/mol. The molecule has 1 aliphatic rings. The fourth-order valence-electron chi connectivity index (χ4n) is 3.22. The molecule has 1 aromatic heterocycles. The van der Waals surface area contributed by atoms with Crippen molar-refractivity contribution < 1.29 is 9.21 Å². The normalized spacial score (nSPS) is 17.9. The second-order valence-electron chi connectivity index (χ2n) is 7.25. The van der Waals surface area contributed by atoms with E-state index in [9.17, 15) is 4.79 Å². The third kappa shape index (κ3) is 4.87. The summed E-state index contributed by atoms with van der Waals surface area (Å²) in [6.45, 7) is 8.02. The Kier molecular flexibility index (Phi) is 6.35. The lowest BCUT2D eigenvalue weighted by Gasteiger charge is -2.31. The number of amides is 1. The minimum Gasteiger partial charge on any atom is -0.416 e. The Morgan fingerprint density at radius 1 is 1.23 bits per heavy atom. The van der Waals surface area contributed by atoms with Crippen LogP contribution in [-0.4, -0.2) is 39.3 Å². The maximum atomic E-state index is 12.6. The standard InChI is InChI=1S/C20H27N3O2S/c1-14-9-11-23(12-10-14)19(24)16(3)26-20-22-21-18(25-20)13-15(2)17-7-5-4-6-8-17/h4-8,14-16H,9-13H2,1-3H3. The molecule has 2 atom stereocenters. The molecule has 2 unspecified atom stereocenters. The van der Waals surface area contributed by atoms with Crippen molar-refractivity contribution in [2.45, 2.75) is 56.4 Å². The molecule has 1 aromatic carbocycles. The van der Waals surface area contributed by atoms with Crippen LogP contribution in [0.5, 0.6) is 0 Å². The van der Waals surface area contributed by atoms with Gasteiger partial charge in [-0.25, -0.2) is 0 Å². The topological polar surface area (TPSA) is 59.2 Å². The third-order valence-corrected chi connectivity index (χ3v) is 5.94. The van der Waals surface area contributed by atoms with Crippen molar-refractivity contribution in [2.24, 2.45) is 5.92 Å². The highest BCUT2D eigenvalue weighted by Gasteiger charge is 2.26. The number of rotatable bonds is 6. The molecule has 140 valence electrons. The highest BCUT2D eigenvalue weighted by molar-refractivity contribution is 8.00. The minimum atomic E-state index is -0.205. The lowest BCUT2D eigenvalue weighted by atomic mass is 9.98. The summed E-state index contributed by atoms with van der Waals surface area (Å²) >= 11 is 1.36. The van der Waals surface area contributed by atoms with Gasteiger partial charge in [-0.15, -0.1) is 10.2 Å². The largest absolute Gasteiger partial charge is 0.416 e. The first-order chi connectivity index (χ1) is 12.5. The number of aromatic nitrogens is 2. The van der Waals surface area contributed by atoms with Gasteiger partial charge in [-0.2, -0.15) is 0 Å². The van der Waals surface area contributed by atoms with Crippen LogP contribution in [-0.2, 0) is 11.2 Å². The molecule has 1 saturated heterocycles. The van der Waals surface area contributed by atoms with E-state index in [4.69, 9.17) is 4.42 Å². The number of nitrogens with zero attached hydrogens (tertiary/aromatic N) is 3. The summed E-state index contributed by atoms with van der Waals surface area (Å²) in [7, 11) is 0. The van der Waals surface area contributed by atoms with Crippen molar-refractivity contribution in [3.8, 4) is 0 Å². The summed E-state index contributed by atoms with van der Waals surface area (Å²) in [6, 6.07) is 10.3. The first kappa shape index (κ1) is 19.0. The number of carbonyl (C=O) groups is 1. The monoisotopic (exact) mass is 373 g/mol. The number of thioether (sulfide) groups is 1. The van der Waals surface area contributed by atoms with Crippen molar-refractivity contribution in [1.29, 1.82) is 0 Å². The van der Waals surface area contributed by atoms with Gasteiger partial charge in [0.1, 0.15) is 0 Å². The summed E-state index contributed by atoms with van der Waals surface area (Å²) < 4.78 is 5.77. The van der Waals surface area contributed by atoms with E-state index in [1.54, 1.807) is 0 Å². The molecule has 2 heterocycles. The molecule has 1 aliphatic heterocycles. The van der Waals surface area contributed by atoms with E-state index in [0.29, 0.717) is 29.4 Å². The fraction of sp³-hybridized carbons (Fsp3) is 0.550. The third-order valence-electron chi connectivity index (χ3n) is 5.02. The second kappa shape index (κ2) is 8.71. The smallest absolute Gasteiger partial charge is 0.277 e. The van der Waals surface area contributed by atoms with E-state index in [0.717, 1.165) is 25.9 Å². The molecule has 0 aliphatic carbocycles. The van der Waals surface area contributed by atoms with Crippen LogP contribution in [0.2, 0.25) is 0 Å². The summed E-state index contributed by atoms with van der Waals surface area (Å²) in [5, 5.41) is 8.55. The highest BCUT2D eigenvalue weighted by Crippen LogP contribution is 2.27. The molecule has 1 fully saturated rings. The average Bonchev–Trinajstić information content (AvgIpc) is 3.09. The molecule has 3 rings (SSSR count). The average molecular weight is 374 g/mol. The fourth-order valence-corrected chi connectivity index (χ4v) is 4.00. The van der Waals surface area contributed by atoms with Gasteiger partial charge in [0.25, 0.3) is 5.22 Å². The Morgan fingerprint density at radius 3 is 2.62 bits per heavy atom. The number of piperidine rings is 1. The van der Waals surface area contributed by atoms with Crippen LogP contribution >= 0.6 is 11.8 Å². The molecule has 6 heteroatoms. The van der Waals surface area contributed by atoms with E-state index in [2.05, 4.69) is 36.2 Å². The Balaban J connectivity index is 1.53. The number of hydrogen-bond donors (Lipinski definition) is 0. The first-order valence-electron chi connectivity index (χ1n) is 9.35. The quantitative estimate of drug-likeness (QED) is 0.712. The molecule has 5 nitrogen and oxygen atoms in total. The lowest BCUT2D eigenvalue weighted by molar-refractivity contribution is -0.131. The van der Waals surface area contributed by atoms with Crippen LogP contribution in [0.25, 0.3) is 0 Å². The number of hydrogen-bond acceptors (Lipinski definition) is 5. The summed E-state index contributed by atoms with van der Waals surface area (Å²) in [6.07, 6.45) is 2.88. The van der Waals surface area contributed by atoms with Crippen LogP contribution in [0.4, 0.5) is 0 Å². The van der Waals surface area contributed by atoms with Gasteiger partial charge in [0.2, 0.25) is 11.8 Å². The lowest BCUT2D eigenvalue weighted by Crippen LogP contribution is -2.41. The van der Waals surface area contributed by atoms with Crippen molar-refractivity contribution >= 4 is 17.7 Å². The van der Waals surface area contributed by atoms with E-state index < -0.39 is 0 Å². The van der Waals surface area contributed by atoms with Crippen LogP contribution in [0.3, 0.4) is 0 Å². The van der Waals surface area contributed by atoms with E-state index in [-0.39, 0.29) is 11.2 Å². The van der Waals surface area contributed by atoms with Gasteiger partial charge < -0.3 is 9.32 Å². The molecule has 0 N–H and O–H groups in total. The number of likely N-dealkylation sites (tertiary alicyclic amines) is 1. The summed E-state index contributed by atoms with van der Waals surface area (Å²) in [5.41, 5.74) is 1.25. The van der Waals surface area contributed by atoms with Crippen LogP contribution in [0, 0.1) is 5.92 Å². The molecular weight excluding hydrogens is 346 g/mol. The van der Waals surface area contributed by atoms with E-state index in [1.807, 2.05) is 30.0 Å². The minimum absolute atomic E-state index is 0.166. The Hall–Kier alpha value is -1.82. The molecule has 1 amide bonds. The van der Waals surface area contributed by atoms with Gasteiger partial charge in [0.15, 0.2) is 0 Å². The predicted octanol–water partition coefficient (Wildman–Crippen LogP) is 4.15. The molecule has 0 saturated carbocycles. The van der Waals surface area contributed by atoms with Crippen LogP contribution < -0.4 is 0 Å². The van der Waals surface area contributed by atoms with Crippen molar-refractivity contribution in [3.05, 3.63) is 41.8 Å². The molecule has 26 heavy (non-hydrogen) atoms. The maximum Gasteiger partial charge on any atom is 0.277 e. The zero-order valence-electron chi connectivity index (χ0n) is 15.7. The van der Waals surface area contributed by atoms with Gasteiger partial charge >= 0.3 is 0 Å². The van der Waals surface area contributed by atoms with Crippen molar-refractivity contribution in [2.75, 3.05) is 13.1 Å². The van der Waals surface area contributed by atoms with Crippen LogP contribution in [0.15, 0.2) is 40.0 Å². The van der Waals surface area contributed by atoms with Gasteiger partial charge in [-0.3, -0.25) is 4.79 Å². The SMILES string of the molecule is CC1CCN(C(=O)C(C)Sc2nnc(CC(C)c3ccccc3)o2)CC1. The van der Waals surface area contributed by atoms with Crippen molar-refractivity contribution in [3.63, 3.8) is 0 Å². The Bertz CT molecular complexity index is 711. The highest BCUT2D eigenvalue weighted by atomic mass is 32.2. The van der Waals surface area contributed by atoms with Crippen molar-refractivity contribution in [1.82, 2.24) is 15.1 Å². The van der Waals surface area contributed by atoms with E-state index >= 15 is 0 Å². The molecule has 0 bridgehead atoms. The summed E-state index contributed by atoms with van der Waals surface area (Å²) in [5.74, 6) is 1.81. The molecule has 0 spiro atoms. The second-order valence-corrected chi connectivity index (χ2v) is 8.54.